The van der Waals surface area contributed by atoms with Crippen molar-refractivity contribution in [2.45, 2.75) is 24.7 Å². The summed E-state index contributed by atoms with van der Waals surface area (Å²) in [5.41, 5.74) is 2.63. The second-order valence-electron chi connectivity index (χ2n) is 7.67. The van der Waals surface area contributed by atoms with Gasteiger partial charge in [-0.05, 0) is 36.1 Å². The van der Waals surface area contributed by atoms with Crippen LogP contribution in [-0.2, 0) is 14.3 Å². The lowest BCUT2D eigenvalue weighted by Gasteiger charge is -2.40. The molecule has 0 saturated carbocycles. The number of allylic oxidation sites excluding steroid dienone is 2. The van der Waals surface area contributed by atoms with Gasteiger partial charge in [-0.2, -0.15) is 0 Å². The van der Waals surface area contributed by atoms with Gasteiger partial charge in [-0.1, -0.05) is 12.6 Å². The van der Waals surface area contributed by atoms with Crippen LogP contribution < -0.4 is 14.8 Å². The van der Waals surface area contributed by atoms with Crippen LogP contribution in [-0.4, -0.2) is 33.1 Å². The number of methoxy groups -OCH3 is 3. The lowest BCUT2D eigenvalue weighted by Crippen LogP contribution is -2.42. The zero-order valence-electron chi connectivity index (χ0n) is 17.8. The average molecular weight is 440 g/mol. The first kappa shape index (κ1) is 21.2. The Labute approximate surface area is 185 Å². The molecule has 1 aromatic carbocycles. The summed E-state index contributed by atoms with van der Waals surface area (Å²) >= 11 is 1.65. The van der Waals surface area contributed by atoms with Crippen LogP contribution in [0.5, 0.6) is 11.5 Å². The molecule has 0 bridgehead atoms. The lowest BCUT2D eigenvalue weighted by molar-refractivity contribution is -0.144. The number of hydrogen-bond acceptors (Lipinski definition) is 7. The molecule has 0 radical (unpaired) electrons. The molecule has 0 amide bonds. The maximum absolute atomic E-state index is 13.5. The number of hydrogen-bond donors (Lipinski definition) is 1. The van der Waals surface area contributed by atoms with Crippen LogP contribution in [0.3, 0.4) is 0 Å². The third-order valence-electron chi connectivity index (χ3n) is 6.01. The Morgan fingerprint density at radius 1 is 1.16 bits per heavy atom. The van der Waals surface area contributed by atoms with Crippen molar-refractivity contribution >= 4 is 23.1 Å². The summed E-state index contributed by atoms with van der Waals surface area (Å²) in [7, 11) is 4.49. The van der Waals surface area contributed by atoms with E-state index in [-0.39, 0.29) is 11.7 Å². The van der Waals surface area contributed by atoms with Crippen molar-refractivity contribution in [1.82, 2.24) is 5.32 Å². The zero-order chi connectivity index (χ0) is 22.1. The smallest absolute Gasteiger partial charge is 0.315 e. The topological polar surface area (TPSA) is 73.9 Å². The molecule has 31 heavy (non-hydrogen) atoms. The quantitative estimate of drug-likeness (QED) is 0.706. The minimum absolute atomic E-state index is 0.0171. The fraction of sp³-hybridized carbons (Fsp3) is 0.333. The highest BCUT2D eigenvalue weighted by Crippen LogP contribution is 2.50. The second-order valence-corrected chi connectivity index (χ2v) is 8.65. The molecule has 0 spiro atoms. The number of carbonyl (C=O) groups excluding carboxylic acids is 2. The lowest BCUT2D eigenvalue weighted by atomic mass is 9.69. The first-order valence-corrected chi connectivity index (χ1v) is 10.9. The molecule has 7 heteroatoms. The minimum atomic E-state index is -0.757. The van der Waals surface area contributed by atoms with Gasteiger partial charge in [-0.25, -0.2) is 0 Å². The number of rotatable bonds is 5. The average Bonchev–Trinajstić information content (AvgIpc) is 3.32. The first-order chi connectivity index (χ1) is 15.0. The van der Waals surface area contributed by atoms with Crippen LogP contribution >= 0.6 is 11.3 Å². The molecular weight excluding hydrogens is 414 g/mol. The van der Waals surface area contributed by atoms with E-state index in [1.54, 1.807) is 37.7 Å². The van der Waals surface area contributed by atoms with Gasteiger partial charge in [-0.15, -0.1) is 11.3 Å². The molecule has 162 valence electrons. The molecule has 2 aliphatic rings. The van der Waals surface area contributed by atoms with Gasteiger partial charge in [0.1, 0.15) is 17.4 Å². The highest BCUT2D eigenvalue weighted by Gasteiger charge is 2.46. The number of nitrogens with one attached hydrogen (secondary N) is 1. The molecule has 3 atom stereocenters. The Balaban J connectivity index is 1.88. The Morgan fingerprint density at radius 3 is 2.61 bits per heavy atom. The number of esters is 1. The third-order valence-corrected chi connectivity index (χ3v) is 7.05. The molecule has 4 rings (SSSR count). The van der Waals surface area contributed by atoms with E-state index in [1.807, 2.05) is 17.5 Å². The van der Waals surface area contributed by atoms with Crippen molar-refractivity contribution in [3.8, 4) is 11.5 Å². The molecular formula is C24H25NO5S. The SMILES string of the molecule is C=C1NC2=C(C(=O)CC(c3cccs3)C2)C(c2cc(OC)ccc2OC)C1C(=O)OC. The second kappa shape index (κ2) is 8.59. The van der Waals surface area contributed by atoms with E-state index in [2.05, 4.69) is 18.0 Å². The van der Waals surface area contributed by atoms with Crippen molar-refractivity contribution in [2.24, 2.45) is 5.92 Å². The van der Waals surface area contributed by atoms with E-state index in [4.69, 9.17) is 14.2 Å². The number of ketones is 1. The standard InChI is InChI=1S/C24H25NO5S/c1-13-21(24(27)30-4)22(16-12-15(28-2)7-8-19(16)29-3)23-17(25-13)10-14(11-18(23)26)20-6-5-9-31-20/h5-9,12,14,21-22,25H,1,10-11H2,2-4H3. The van der Waals surface area contributed by atoms with E-state index >= 15 is 0 Å². The summed E-state index contributed by atoms with van der Waals surface area (Å²) < 4.78 is 16.1. The molecule has 1 aliphatic carbocycles. The minimum Gasteiger partial charge on any atom is -0.497 e. The maximum atomic E-state index is 13.5. The van der Waals surface area contributed by atoms with Gasteiger partial charge in [0, 0.05) is 45.7 Å². The van der Waals surface area contributed by atoms with E-state index in [0.717, 1.165) is 5.70 Å². The van der Waals surface area contributed by atoms with Crippen molar-refractivity contribution in [2.75, 3.05) is 21.3 Å². The number of ether oxygens (including phenoxy) is 3. The van der Waals surface area contributed by atoms with Gasteiger partial charge >= 0.3 is 5.97 Å². The Morgan fingerprint density at radius 2 is 1.97 bits per heavy atom. The number of benzene rings is 1. The van der Waals surface area contributed by atoms with Crippen molar-refractivity contribution in [3.05, 3.63) is 69.7 Å². The monoisotopic (exact) mass is 439 g/mol. The number of Topliss-reactive ketones (excluding diaryl/α,β-unsaturated/α-hetero) is 1. The summed E-state index contributed by atoms with van der Waals surface area (Å²) in [6, 6.07) is 9.46. The highest BCUT2D eigenvalue weighted by molar-refractivity contribution is 7.10. The molecule has 1 N–H and O–H groups in total. The summed E-state index contributed by atoms with van der Waals surface area (Å²) in [5.74, 6) is -0.463. The van der Waals surface area contributed by atoms with Gasteiger partial charge in [0.05, 0.1) is 21.3 Å². The van der Waals surface area contributed by atoms with Gasteiger partial charge in [0.25, 0.3) is 0 Å². The van der Waals surface area contributed by atoms with E-state index in [1.165, 1.54) is 12.0 Å². The van der Waals surface area contributed by atoms with Crippen molar-refractivity contribution in [1.29, 1.82) is 0 Å². The summed E-state index contributed by atoms with van der Waals surface area (Å²) in [6.07, 6.45) is 1.07. The van der Waals surface area contributed by atoms with Crippen LogP contribution in [0.25, 0.3) is 0 Å². The highest BCUT2D eigenvalue weighted by atomic mass is 32.1. The van der Waals surface area contributed by atoms with Gasteiger partial charge in [0.15, 0.2) is 5.78 Å². The molecule has 6 nitrogen and oxygen atoms in total. The predicted octanol–water partition coefficient (Wildman–Crippen LogP) is 4.16. The fourth-order valence-corrected chi connectivity index (χ4v) is 5.43. The molecule has 3 unspecified atom stereocenters. The van der Waals surface area contributed by atoms with Crippen LogP contribution in [0.2, 0.25) is 0 Å². The van der Waals surface area contributed by atoms with Crippen LogP contribution in [0.15, 0.2) is 59.3 Å². The summed E-state index contributed by atoms with van der Waals surface area (Å²) in [6.45, 7) is 4.12. The van der Waals surface area contributed by atoms with Gasteiger partial charge in [0.2, 0.25) is 0 Å². The Bertz CT molecular complexity index is 1060. The zero-order valence-corrected chi connectivity index (χ0v) is 18.6. The maximum Gasteiger partial charge on any atom is 0.315 e. The summed E-state index contributed by atoms with van der Waals surface area (Å²) in [5, 5.41) is 5.29. The van der Waals surface area contributed by atoms with Crippen LogP contribution in [0, 0.1) is 5.92 Å². The molecule has 0 fully saturated rings. The fourth-order valence-electron chi connectivity index (χ4n) is 4.60. The van der Waals surface area contributed by atoms with Crippen LogP contribution in [0.4, 0.5) is 0 Å². The van der Waals surface area contributed by atoms with E-state index < -0.39 is 17.8 Å². The third kappa shape index (κ3) is 3.74. The van der Waals surface area contributed by atoms with Crippen molar-refractivity contribution in [3.63, 3.8) is 0 Å². The summed E-state index contributed by atoms with van der Waals surface area (Å²) in [4.78, 5) is 27.5. The Hall–Kier alpha value is -3.06. The molecule has 1 aliphatic heterocycles. The number of carbonyl (C=O) groups is 2. The van der Waals surface area contributed by atoms with Crippen molar-refractivity contribution < 1.29 is 23.8 Å². The first-order valence-electron chi connectivity index (χ1n) is 10.0. The molecule has 1 aromatic heterocycles. The Kier molecular flexibility index (Phi) is 5.87. The van der Waals surface area contributed by atoms with Gasteiger partial charge in [-0.3, -0.25) is 9.59 Å². The normalized spacial score (nSPS) is 23.1. The van der Waals surface area contributed by atoms with E-state index in [9.17, 15) is 9.59 Å². The van der Waals surface area contributed by atoms with Gasteiger partial charge < -0.3 is 19.5 Å². The molecule has 0 saturated heterocycles. The largest absolute Gasteiger partial charge is 0.497 e. The molecule has 2 heterocycles. The molecule has 2 aromatic rings. The number of thiophene rings is 1. The predicted molar refractivity (Wildman–Crippen MR) is 118 cm³/mol. The van der Waals surface area contributed by atoms with E-state index in [0.29, 0.717) is 41.2 Å². The van der Waals surface area contributed by atoms with Crippen LogP contribution in [0.1, 0.15) is 35.1 Å².